The lowest BCUT2D eigenvalue weighted by Gasteiger charge is -1.99. The number of hydrogen-bond acceptors (Lipinski definition) is 3. The Morgan fingerprint density at radius 2 is 2.33 bits per heavy atom. The zero-order valence-electron chi connectivity index (χ0n) is 7.29. The van der Waals surface area contributed by atoms with Crippen molar-refractivity contribution in [3.63, 3.8) is 0 Å². The predicted octanol–water partition coefficient (Wildman–Crippen LogP) is 2.56. The smallest absolute Gasteiger partial charge is 0.124 e. The van der Waals surface area contributed by atoms with E-state index in [1.807, 2.05) is 18.2 Å². The lowest BCUT2D eigenvalue weighted by atomic mass is 10.4. The Balaban J connectivity index is 2.41. The van der Waals surface area contributed by atoms with Gasteiger partial charge >= 0.3 is 0 Å². The van der Waals surface area contributed by atoms with Crippen molar-refractivity contribution < 1.29 is 0 Å². The van der Waals surface area contributed by atoms with Gasteiger partial charge in [-0.15, -0.1) is 11.8 Å². The minimum Gasteiger partial charge on any atom is -0.384 e. The second-order valence-corrected chi connectivity index (χ2v) is 3.72. The fourth-order valence-corrected chi connectivity index (χ4v) is 1.82. The van der Waals surface area contributed by atoms with Gasteiger partial charge in [-0.05, 0) is 24.3 Å². The number of thioether (sulfide) groups is 1. The molecule has 1 aromatic heterocycles. The minimum atomic E-state index is 0.608. The summed E-state index contributed by atoms with van der Waals surface area (Å²) < 4.78 is 0. The SMILES string of the molecule is CCCCSc1cccc(N)n1. The van der Waals surface area contributed by atoms with Crippen LogP contribution in [-0.4, -0.2) is 10.7 Å². The molecule has 66 valence electrons. The van der Waals surface area contributed by atoms with Crippen LogP contribution < -0.4 is 5.73 Å². The molecule has 1 rings (SSSR count). The second-order valence-electron chi connectivity index (χ2n) is 2.60. The lowest BCUT2D eigenvalue weighted by molar-refractivity contribution is 0.894. The van der Waals surface area contributed by atoms with E-state index in [0.717, 1.165) is 10.8 Å². The summed E-state index contributed by atoms with van der Waals surface area (Å²) in [6.07, 6.45) is 2.47. The molecule has 0 aliphatic rings. The van der Waals surface area contributed by atoms with E-state index in [1.165, 1.54) is 12.8 Å². The number of hydrogen-bond donors (Lipinski definition) is 1. The number of rotatable bonds is 4. The second kappa shape index (κ2) is 5.04. The van der Waals surface area contributed by atoms with Gasteiger partial charge < -0.3 is 5.73 Å². The first kappa shape index (κ1) is 9.39. The molecule has 0 aromatic carbocycles. The lowest BCUT2D eigenvalue weighted by Crippen LogP contribution is -1.90. The minimum absolute atomic E-state index is 0.608. The summed E-state index contributed by atoms with van der Waals surface area (Å²) in [5.41, 5.74) is 5.54. The van der Waals surface area contributed by atoms with Gasteiger partial charge in [-0.2, -0.15) is 0 Å². The van der Waals surface area contributed by atoms with Crippen LogP contribution >= 0.6 is 11.8 Å². The first-order valence-electron chi connectivity index (χ1n) is 4.18. The maximum atomic E-state index is 5.54. The Bertz CT molecular complexity index is 238. The Morgan fingerprint density at radius 1 is 1.50 bits per heavy atom. The van der Waals surface area contributed by atoms with Gasteiger partial charge in [0.2, 0.25) is 0 Å². The van der Waals surface area contributed by atoms with Crippen LogP contribution in [0.2, 0.25) is 0 Å². The molecule has 12 heavy (non-hydrogen) atoms. The van der Waals surface area contributed by atoms with Crippen LogP contribution in [0, 0.1) is 0 Å². The van der Waals surface area contributed by atoms with E-state index < -0.39 is 0 Å². The fourth-order valence-electron chi connectivity index (χ4n) is 0.832. The molecule has 0 fully saturated rings. The van der Waals surface area contributed by atoms with Gasteiger partial charge in [-0.1, -0.05) is 19.4 Å². The first-order chi connectivity index (χ1) is 5.83. The van der Waals surface area contributed by atoms with Gasteiger partial charge in [0.15, 0.2) is 0 Å². The van der Waals surface area contributed by atoms with E-state index in [-0.39, 0.29) is 0 Å². The highest BCUT2D eigenvalue weighted by Crippen LogP contribution is 2.17. The highest BCUT2D eigenvalue weighted by Gasteiger charge is 1.94. The van der Waals surface area contributed by atoms with Crippen LogP contribution in [0.4, 0.5) is 5.82 Å². The van der Waals surface area contributed by atoms with Crippen molar-refractivity contribution in [2.24, 2.45) is 0 Å². The Kier molecular flexibility index (Phi) is 3.94. The summed E-state index contributed by atoms with van der Waals surface area (Å²) in [5, 5.41) is 1.03. The topological polar surface area (TPSA) is 38.9 Å². The molecule has 2 N–H and O–H groups in total. The van der Waals surface area contributed by atoms with Gasteiger partial charge in [0, 0.05) is 0 Å². The maximum Gasteiger partial charge on any atom is 0.124 e. The average molecular weight is 182 g/mol. The van der Waals surface area contributed by atoms with Crippen LogP contribution in [0.5, 0.6) is 0 Å². The number of unbranched alkanes of at least 4 members (excludes halogenated alkanes) is 1. The van der Waals surface area contributed by atoms with Gasteiger partial charge in [0.1, 0.15) is 5.82 Å². The predicted molar refractivity (Wildman–Crippen MR) is 54.3 cm³/mol. The summed E-state index contributed by atoms with van der Waals surface area (Å²) in [6, 6.07) is 5.75. The van der Waals surface area contributed by atoms with E-state index in [2.05, 4.69) is 11.9 Å². The largest absolute Gasteiger partial charge is 0.384 e. The van der Waals surface area contributed by atoms with Gasteiger partial charge in [-0.25, -0.2) is 4.98 Å². The van der Waals surface area contributed by atoms with Gasteiger partial charge in [0.05, 0.1) is 5.03 Å². The van der Waals surface area contributed by atoms with Crippen LogP contribution in [0.3, 0.4) is 0 Å². The molecule has 0 saturated carbocycles. The molecule has 2 nitrogen and oxygen atoms in total. The zero-order valence-corrected chi connectivity index (χ0v) is 8.10. The molecule has 0 aliphatic carbocycles. The average Bonchev–Trinajstić information content (AvgIpc) is 2.05. The number of aromatic nitrogens is 1. The normalized spacial score (nSPS) is 10.1. The molecule has 0 unspecified atom stereocenters. The number of pyridine rings is 1. The molecule has 1 heterocycles. The third-order valence-electron chi connectivity index (χ3n) is 1.49. The van der Waals surface area contributed by atoms with Crippen LogP contribution in [-0.2, 0) is 0 Å². The highest BCUT2D eigenvalue weighted by atomic mass is 32.2. The molecule has 0 amide bonds. The van der Waals surface area contributed by atoms with Gasteiger partial charge in [-0.3, -0.25) is 0 Å². The third kappa shape index (κ3) is 3.13. The molecular formula is C9H14N2S. The van der Waals surface area contributed by atoms with Crippen molar-refractivity contribution in [3.8, 4) is 0 Å². The van der Waals surface area contributed by atoms with Crippen molar-refractivity contribution in [1.29, 1.82) is 0 Å². The monoisotopic (exact) mass is 182 g/mol. The summed E-state index contributed by atoms with van der Waals surface area (Å²) in [7, 11) is 0. The molecule has 0 spiro atoms. The summed E-state index contributed by atoms with van der Waals surface area (Å²) in [4.78, 5) is 4.19. The van der Waals surface area contributed by atoms with Crippen molar-refractivity contribution in [1.82, 2.24) is 4.98 Å². The van der Waals surface area contributed by atoms with Crippen LogP contribution in [0.25, 0.3) is 0 Å². The summed E-state index contributed by atoms with van der Waals surface area (Å²) in [6.45, 7) is 2.19. The van der Waals surface area contributed by atoms with Crippen LogP contribution in [0.1, 0.15) is 19.8 Å². The van der Waals surface area contributed by atoms with Crippen molar-refractivity contribution in [2.45, 2.75) is 24.8 Å². The molecule has 0 aliphatic heterocycles. The molecule has 0 saturated heterocycles. The van der Waals surface area contributed by atoms with Crippen LogP contribution in [0.15, 0.2) is 23.2 Å². The standard InChI is InChI=1S/C9H14N2S/c1-2-3-7-12-9-6-4-5-8(10)11-9/h4-6H,2-3,7H2,1H3,(H2,10,11). The Hall–Kier alpha value is -0.700. The number of nitrogen functional groups attached to an aromatic ring is 1. The van der Waals surface area contributed by atoms with E-state index in [0.29, 0.717) is 5.82 Å². The fraction of sp³-hybridized carbons (Fsp3) is 0.444. The Morgan fingerprint density at radius 3 is 3.00 bits per heavy atom. The third-order valence-corrected chi connectivity index (χ3v) is 2.51. The summed E-state index contributed by atoms with van der Waals surface area (Å²) in [5.74, 6) is 1.74. The zero-order chi connectivity index (χ0) is 8.81. The van der Waals surface area contributed by atoms with E-state index in [4.69, 9.17) is 5.73 Å². The number of anilines is 1. The molecular weight excluding hydrogens is 168 g/mol. The maximum absolute atomic E-state index is 5.54. The van der Waals surface area contributed by atoms with Crippen molar-refractivity contribution in [2.75, 3.05) is 11.5 Å². The quantitative estimate of drug-likeness (QED) is 0.574. The van der Waals surface area contributed by atoms with E-state index in [9.17, 15) is 0 Å². The van der Waals surface area contributed by atoms with E-state index in [1.54, 1.807) is 11.8 Å². The molecule has 1 aromatic rings. The van der Waals surface area contributed by atoms with Gasteiger partial charge in [0.25, 0.3) is 0 Å². The first-order valence-corrected chi connectivity index (χ1v) is 5.17. The molecule has 0 radical (unpaired) electrons. The van der Waals surface area contributed by atoms with Crippen molar-refractivity contribution in [3.05, 3.63) is 18.2 Å². The molecule has 0 bridgehead atoms. The Labute approximate surface area is 77.6 Å². The molecule has 3 heteroatoms. The van der Waals surface area contributed by atoms with Crippen molar-refractivity contribution >= 4 is 17.6 Å². The molecule has 0 atom stereocenters. The summed E-state index contributed by atoms with van der Waals surface area (Å²) >= 11 is 1.77. The highest BCUT2D eigenvalue weighted by molar-refractivity contribution is 7.99. The van der Waals surface area contributed by atoms with E-state index >= 15 is 0 Å². The number of nitrogens with zero attached hydrogens (tertiary/aromatic N) is 1. The number of nitrogens with two attached hydrogens (primary N) is 1.